The number of hydrogen-bond donors (Lipinski definition) is 3. The van der Waals surface area contributed by atoms with Gasteiger partial charge in [-0.15, -0.1) is 0 Å². The summed E-state index contributed by atoms with van der Waals surface area (Å²) in [5, 5.41) is 11.9. The predicted molar refractivity (Wildman–Crippen MR) is 89.1 cm³/mol. The lowest BCUT2D eigenvalue weighted by molar-refractivity contribution is -0.157. The summed E-state index contributed by atoms with van der Waals surface area (Å²) in [7, 11) is -3.58. The van der Waals surface area contributed by atoms with Gasteiger partial charge in [-0.25, -0.2) is 13.1 Å². The number of anilines is 1. The predicted octanol–water partition coefficient (Wildman–Crippen LogP) is 1.96. The molecule has 7 nitrogen and oxygen atoms in total. The number of carbonyl (C=O) groups is 2. The Labute approximate surface area is 141 Å². The van der Waals surface area contributed by atoms with Crippen LogP contribution in [0.4, 0.5) is 5.69 Å². The van der Waals surface area contributed by atoms with Gasteiger partial charge in [-0.1, -0.05) is 6.42 Å². The molecular formula is C16H22N2O5S. The average molecular weight is 354 g/mol. The zero-order valence-corrected chi connectivity index (χ0v) is 14.5. The van der Waals surface area contributed by atoms with Crippen LogP contribution >= 0.6 is 0 Å². The first-order valence-corrected chi connectivity index (χ1v) is 9.29. The number of rotatable bonds is 7. The van der Waals surface area contributed by atoms with Gasteiger partial charge < -0.3 is 10.4 Å². The third-order valence-electron chi connectivity index (χ3n) is 4.10. The summed E-state index contributed by atoms with van der Waals surface area (Å²) in [6.45, 7) is 3.45. The van der Waals surface area contributed by atoms with E-state index in [1.165, 1.54) is 24.3 Å². The van der Waals surface area contributed by atoms with Crippen molar-refractivity contribution in [2.24, 2.45) is 5.41 Å². The normalized spacial score (nSPS) is 16.5. The van der Waals surface area contributed by atoms with E-state index in [0.29, 0.717) is 18.5 Å². The van der Waals surface area contributed by atoms with Crippen LogP contribution < -0.4 is 10.0 Å². The van der Waals surface area contributed by atoms with Gasteiger partial charge in [0.25, 0.3) is 0 Å². The first-order chi connectivity index (χ1) is 11.1. The van der Waals surface area contributed by atoms with Crippen LogP contribution in [0.5, 0.6) is 0 Å². The van der Waals surface area contributed by atoms with Crippen LogP contribution in [-0.2, 0) is 19.6 Å². The van der Waals surface area contributed by atoms with Crippen molar-refractivity contribution in [1.29, 1.82) is 0 Å². The molecule has 1 aromatic carbocycles. The molecule has 2 rings (SSSR count). The van der Waals surface area contributed by atoms with Crippen LogP contribution in [-0.4, -0.2) is 31.4 Å². The average Bonchev–Trinajstić information content (AvgIpc) is 2.41. The Morgan fingerprint density at radius 2 is 1.79 bits per heavy atom. The summed E-state index contributed by atoms with van der Waals surface area (Å²) >= 11 is 0. The van der Waals surface area contributed by atoms with Crippen molar-refractivity contribution in [2.75, 3.05) is 5.32 Å². The molecule has 0 atom stereocenters. The second-order valence-corrected chi connectivity index (χ2v) is 8.18. The molecule has 0 unspecified atom stereocenters. The van der Waals surface area contributed by atoms with Gasteiger partial charge in [0.1, 0.15) is 0 Å². The van der Waals surface area contributed by atoms with Crippen LogP contribution in [0.15, 0.2) is 29.2 Å². The van der Waals surface area contributed by atoms with Gasteiger partial charge in [-0.3, -0.25) is 9.59 Å². The van der Waals surface area contributed by atoms with Crippen LogP contribution in [0, 0.1) is 5.41 Å². The van der Waals surface area contributed by atoms with Crippen molar-refractivity contribution in [3.05, 3.63) is 24.3 Å². The van der Waals surface area contributed by atoms with E-state index in [2.05, 4.69) is 10.0 Å². The Morgan fingerprint density at radius 1 is 1.21 bits per heavy atom. The van der Waals surface area contributed by atoms with Gasteiger partial charge in [-0.2, -0.15) is 0 Å². The van der Waals surface area contributed by atoms with E-state index in [9.17, 15) is 23.1 Å². The van der Waals surface area contributed by atoms with Crippen molar-refractivity contribution < 1.29 is 23.1 Å². The second kappa shape index (κ2) is 6.90. The van der Waals surface area contributed by atoms with Crippen LogP contribution in [0.3, 0.4) is 0 Å². The standard InChI is InChI=1S/C16H22N2O5S/c1-11(2)18-24(22,23)13-6-4-12(5-7-13)17-14(19)10-16(15(20)21)8-3-9-16/h4-7,11,18H,3,8-10H2,1-2H3,(H,17,19)(H,20,21). The van der Waals surface area contributed by atoms with Crippen molar-refractivity contribution in [2.45, 2.75) is 50.5 Å². The zero-order chi connectivity index (χ0) is 18.0. The number of benzene rings is 1. The van der Waals surface area contributed by atoms with Crippen molar-refractivity contribution in [3.8, 4) is 0 Å². The molecule has 1 aliphatic carbocycles. The summed E-state index contributed by atoms with van der Waals surface area (Å²) in [4.78, 5) is 23.4. The van der Waals surface area contributed by atoms with Gasteiger partial charge >= 0.3 is 5.97 Å². The zero-order valence-electron chi connectivity index (χ0n) is 13.7. The molecule has 0 heterocycles. The third kappa shape index (κ3) is 4.12. The Bertz CT molecular complexity index is 721. The lowest BCUT2D eigenvalue weighted by Gasteiger charge is -2.36. The highest BCUT2D eigenvalue weighted by Crippen LogP contribution is 2.44. The number of carbonyl (C=O) groups excluding carboxylic acids is 1. The molecule has 0 spiro atoms. The minimum Gasteiger partial charge on any atom is -0.481 e. The topological polar surface area (TPSA) is 113 Å². The van der Waals surface area contributed by atoms with Gasteiger partial charge in [0.05, 0.1) is 10.3 Å². The molecule has 1 aliphatic rings. The number of carboxylic acids is 1. The van der Waals surface area contributed by atoms with Gasteiger partial charge in [-0.05, 0) is 51.0 Å². The van der Waals surface area contributed by atoms with Crippen molar-refractivity contribution in [1.82, 2.24) is 4.72 Å². The first-order valence-electron chi connectivity index (χ1n) is 7.80. The fourth-order valence-corrected chi connectivity index (χ4v) is 3.93. The first kappa shape index (κ1) is 18.4. The summed E-state index contributed by atoms with van der Waals surface area (Å²) in [6, 6.07) is 5.55. The number of nitrogens with one attached hydrogen (secondary N) is 2. The number of hydrogen-bond acceptors (Lipinski definition) is 4. The van der Waals surface area contributed by atoms with Crippen LogP contribution in [0.1, 0.15) is 39.5 Å². The van der Waals surface area contributed by atoms with E-state index >= 15 is 0 Å². The highest BCUT2D eigenvalue weighted by atomic mass is 32.2. The Morgan fingerprint density at radius 3 is 2.21 bits per heavy atom. The van der Waals surface area contributed by atoms with Gasteiger partial charge in [0, 0.05) is 18.2 Å². The molecule has 0 saturated heterocycles. The molecule has 24 heavy (non-hydrogen) atoms. The Hall–Kier alpha value is -1.93. The monoisotopic (exact) mass is 354 g/mol. The van der Waals surface area contributed by atoms with E-state index in [0.717, 1.165) is 6.42 Å². The number of sulfonamides is 1. The number of carboxylic acid groups (broad SMARTS) is 1. The molecule has 0 aliphatic heterocycles. The fourth-order valence-electron chi connectivity index (χ4n) is 2.68. The van der Waals surface area contributed by atoms with E-state index in [4.69, 9.17) is 0 Å². The number of amides is 1. The highest BCUT2D eigenvalue weighted by Gasteiger charge is 2.45. The maximum absolute atomic E-state index is 12.0. The second-order valence-electron chi connectivity index (χ2n) is 6.46. The SMILES string of the molecule is CC(C)NS(=O)(=O)c1ccc(NC(=O)CC2(C(=O)O)CCC2)cc1. The molecule has 1 saturated carbocycles. The highest BCUT2D eigenvalue weighted by molar-refractivity contribution is 7.89. The lowest BCUT2D eigenvalue weighted by Crippen LogP contribution is -2.41. The fraction of sp³-hybridized carbons (Fsp3) is 0.500. The molecular weight excluding hydrogens is 332 g/mol. The van der Waals surface area contributed by atoms with Crippen molar-refractivity contribution >= 4 is 27.6 Å². The van der Waals surface area contributed by atoms with Gasteiger partial charge in [0.2, 0.25) is 15.9 Å². The van der Waals surface area contributed by atoms with Crippen LogP contribution in [0.2, 0.25) is 0 Å². The van der Waals surface area contributed by atoms with Crippen molar-refractivity contribution in [3.63, 3.8) is 0 Å². The third-order valence-corrected chi connectivity index (χ3v) is 5.78. The lowest BCUT2D eigenvalue weighted by atomic mass is 9.66. The summed E-state index contributed by atoms with van der Waals surface area (Å²) in [5.41, 5.74) is -0.516. The largest absolute Gasteiger partial charge is 0.481 e. The summed E-state index contributed by atoms with van der Waals surface area (Å²) < 4.78 is 26.5. The summed E-state index contributed by atoms with van der Waals surface area (Å²) in [6.07, 6.45) is 1.76. The molecule has 1 amide bonds. The molecule has 1 fully saturated rings. The molecule has 0 bridgehead atoms. The van der Waals surface area contributed by atoms with E-state index in [1.807, 2.05) is 0 Å². The maximum atomic E-state index is 12.0. The number of aliphatic carboxylic acids is 1. The minimum absolute atomic E-state index is 0.0721. The summed E-state index contributed by atoms with van der Waals surface area (Å²) in [5.74, 6) is -1.32. The molecule has 3 N–H and O–H groups in total. The minimum atomic E-state index is -3.58. The molecule has 1 aromatic rings. The van der Waals surface area contributed by atoms with Crippen LogP contribution in [0.25, 0.3) is 0 Å². The molecule has 8 heteroatoms. The molecule has 0 radical (unpaired) electrons. The van der Waals surface area contributed by atoms with E-state index < -0.39 is 21.4 Å². The maximum Gasteiger partial charge on any atom is 0.310 e. The molecule has 0 aromatic heterocycles. The smallest absolute Gasteiger partial charge is 0.310 e. The Kier molecular flexibility index (Phi) is 5.29. The Balaban J connectivity index is 2.01. The van der Waals surface area contributed by atoms with E-state index in [1.54, 1.807) is 13.8 Å². The molecule has 132 valence electrons. The van der Waals surface area contributed by atoms with E-state index in [-0.39, 0.29) is 23.3 Å². The van der Waals surface area contributed by atoms with Gasteiger partial charge in [0.15, 0.2) is 0 Å². The quantitative estimate of drug-likeness (QED) is 0.693.